The molecule has 0 heterocycles. The Morgan fingerprint density at radius 3 is 2.29 bits per heavy atom. The molecule has 1 aromatic carbocycles. The van der Waals surface area contributed by atoms with E-state index in [9.17, 15) is 5.26 Å². The maximum atomic E-state index is 9.38. The quantitative estimate of drug-likeness (QED) is 0.763. The summed E-state index contributed by atoms with van der Waals surface area (Å²) in [4.78, 5) is 0. The van der Waals surface area contributed by atoms with Crippen LogP contribution in [0.1, 0.15) is 32.3 Å². The van der Waals surface area contributed by atoms with Gasteiger partial charge in [-0.2, -0.15) is 5.26 Å². The summed E-state index contributed by atoms with van der Waals surface area (Å²) in [6.07, 6.45) is 0. The summed E-state index contributed by atoms with van der Waals surface area (Å²) in [6.45, 7) is 10.5. The van der Waals surface area contributed by atoms with Crippen molar-refractivity contribution in [1.82, 2.24) is 0 Å². The number of hydrogen-bond acceptors (Lipinski definition) is 2. The average Bonchev–Trinajstić information content (AvgIpc) is 2.18. The van der Waals surface area contributed by atoms with Gasteiger partial charge in [-0.1, -0.05) is 39.0 Å². The van der Waals surface area contributed by atoms with Crippen molar-refractivity contribution in [2.75, 3.05) is 0 Å². The smallest absolute Gasteiger partial charge is 0.229 e. The predicted octanol–water partition coefficient (Wildman–Crippen LogP) is 3.70. The Kier molecular flexibility index (Phi) is 4.36. The lowest BCUT2D eigenvalue weighted by molar-refractivity contribution is 0.367. The molecule has 0 radical (unpaired) electrons. The lowest BCUT2D eigenvalue weighted by atomic mass is 9.77. The number of benzene rings is 1. The molecule has 0 aliphatic carbocycles. The second-order valence-electron chi connectivity index (χ2n) is 5.63. The van der Waals surface area contributed by atoms with Crippen LogP contribution in [0.2, 0.25) is 13.1 Å². The van der Waals surface area contributed by atoms with Crippen LogP contribution in [0, 0.1) is 16.7 Å². The van der Waals surface area contributed by atoms with Crippen molar-refractivity contribution in [2.24, 2.45) is 5.41 Å². The van der Waals surface area contributed by atoms with E-state index in [1.165, 1.54) is 0 Å². The number of nitriles is 1. The zero-order valence-corrected chi connectivity index (χ0v) is 12.5. The fourth-order valence-electron chi connectivity index (χ4n) is 1.81. The van der Waals surface area contributed by atoms with Gasteiger partial charge in [0, 0.05) is 5.56 Å². The maximum Gasteiger partial charge on any atom is 0.229 e. The van der Waals surface area contributed by atoms with Crippen molar-refractivity contribution in [3.8, 4) is 11.8 Å². The second-order valence-corrected chi connectivity index (χ2v) is 7.97. The fraction of sp³-hybridized carbons (Fsp3) is 0.500. The van der Waals surface area contributed by atoms with E-state index in [1.54, 1.807) is 0 Å². The van der Waals surface area contributed by atoms with Crippen molar-refractivity contribution in [2.45, 2.75) is 39.8 Å². The number of rotatable bonds is 3. The van der Waals surface area contributed by atoms with Crippen LogP contribution in [-0.2, 0) is 0 Å². The SMILES string of the molecule is C[SiH](C)Oc1ccccc1C(C#N)C(C)(C)C. The van der Waals surface area contributed by atoms with Gasteiger partial charge in [0.1, 0.15) is 5.75 Å². The van der Waals surface area contributed by atoms with Crippen molar-refractivity contribution in [3.05, 3.63) is 29.8 Å². The normalized spacial score (nSPS) is 13.2. The van der Waals surface area contributed by atoms with Gasteiger partial charge in [-0.25, -0.2) is 0 Å². The molecule has 0 spiro atoms. The monoisotopic (exact) mass is 247 g/mol. The van der Waals surface area contributed by atoms with Crippen LogP contribution in [0.4, 0.5) is 0 Å². The molecule has 3 heteroatoms. The molecule has 2 nitrogen and oxygen atoms in total. The molecule has 0 N–H and O–H groups in total. The van der Waals surface area contributed by atoms with Crippen LogP contribution in [0.25, 0.3) is 0 Å². The van der Waals surface area contributed by atoms with Crippen LogP contribution in [0.5, 0.6) is 5.75 Å². The molecule has 0 aromatic heterocycles. The van der Waals surface area contributed by atoms with Crippen molar-refractivity contribution in [3.63, 3.8) is 0 Å². The summed E-state index contributed by atoms with van der Waals surface area (Å²) >= 11 is 0. The first-order valence-electron chi connectivity index (χ1n) is 6.01. The van der Waals surface area contributed by atoms with E-state index in [0.717, 1.165) is 11.3 Å². The van der Waals surface area contributed by atoms with Gasteiger partial charge in [-0.3, -0.25) is 0 Å². The molecule has 0 bridgehead atoms. The van der Waals surface area contributed by atoms with Gasteiger partial charge in [0.25, 0.3) is 0 Å². The third kappa shape index (κ3) is 3.60. The Bertz CT molecular complexity index is 415. The first-order chi connectivity index (χ1) is 7.86. The molecule has 0 fully saturated rings. The molecule has 1 rings (SSSR count). The third-order valence-corrected chi connectivity index (χ3v) is 3.31. The summed E-state index contributed by atoms with van der Waals surface area (Å²) < 4.78 is 5.91. The van der Waals surface area contributed by atoms with Crippen LogP contribution < -0.4 is 4.43 Å². The highest BCUT2D eigenvalue weighted by molar-refractivity contribution is 6.49. The Morgan fingerprint density at radius 1 is 1.24 bits per heavy atom. The summed E-state index contributed by atoms with van der Waals surface area (Å²) in [7, 11) is -1.14. The molecule has 0 amide bonds. The van der Waals surface area contributed by atoms with E-state index in [0.29, 0.717) is 0 Å². The lowest BCUT2D eigenvalue weighted by Crippen LogP contribution is -2.19. The topological polar surface area (TPSA) is 33.0 Å². The molecule has 0 saturated heterocycles. The summed E-state index contributed by atoms with van der Waals surface area (Å²) in [5.41, 5.74) is 0.941. The van der Waals surface area contributed by atoms with Gasteiger partial charge < -0.3 is 4.43 Å². The Morgan fingerprint density at radius 2 is 1.82 bits per heavy atom. The number of hydrogen-bond donors (Lipinski definition) is 0. The molecule has 1 aromatic rings. The minimum absolute atomic E-state index is 0.0766. The highest BCUT2D eigenvalue weighted by Gasteiger charge is 2.28. The van der Waals surface area contributed by atoms with E-state index in [4.69, 9.17) is 4.43 Å². The largest absolute Gasteiger partial charge is 0.547 e. The van der Waals surface area contributed by atoms with Crippen molar-refractivity contribution >= 4 is 9.04 Å². The van der Waals surface area contributed by atoms with Crippen molar-refractivity contribution < 1.29 is 4.43 Å². The maximum absolute atomic E-state index is 9.38. The molecular formula is C14H21NOSi. The third-order valence-electron chi connectivity index (χ3n) is 2.59. The van der Waals surface area contributed by atoms with Gasteiger partial charge in [-0.15, -0.1) is 0 Å². The highest BCUT2D eigenvalue weighted by Crippen LogP contribution is 2.38. The van der Waals surface area contributed by atoms with Crippen LogP contribution in [0.15, 0.2) is 24.3 Å². The van der Waals surface area contributed by atoms with Crippen LogP contribution in [0.3, 0.4) is 0 Å². The lowest BCUT2D eigenvalue weighted by Gasteiger charge is -2.27. The highest BCUT2D eigenvalue weighted by atomic mass is 28.3. The minimum Gasteiger partial charge on any atom is -0.547 e. The molecule has 1 atom stereocenters. The summed E-state index contributed by atoms with van der Waals surface area (Å²) in [5.74, 6) is 0.752. The molecule has 17 heavy (non-hydrogen) atoms. The summed E-state index contributed by atoms with van der Waals surface area (Å²) in [5, 5.41) is 9.38. The minimum atomic E-state index is -1.14. The molecule has 0 aliphatic heterocycles. The van der Waals surface area contributed by atoms with Crippen LogP contribution in [-0.4, -0.2) is 9.04 Å². The van der Waals surface area contributed by atoms with Gasteiger partial charge in [0.15, 0.2) is 0 Å². The molecule has 0 saturated carbocycles. The Labute approximate surface area is 106 Å². The average molecular weight is 247 g/mol. The Balaban J connectivity index is 3.16. The molecular weight excluding hydrogens is 226 g/mol. The van der Waals surface area contributed by atoms with E-state index in [1.807, 2.05) is 24.3 Å². The number of nitrogens with zero attached hydrogens (tertiary/aromatic N) is 1. The van der Waals surface area contributed by atoms with Gasteiger partial charge in [-0.05, 0) is 24.6 Å². The fourth-order valence-corrected chi connectivity index (χ4v) is 2.53. The zero-order chi connectivity index (χ0) is 13.1. The number of para-hydroxylation sites is 1. The second kappa shape index (κ2) is 5.37. The predicted molar refractivity (Wildman–Crippen MR) is 73.8 cm³/mol. The molecule has 0 aliphatic rings. The van der Waals surface area contributed by atoms with Gasteiger partial charge in [0.05, 0.1) is 12.0 Å². The summed E-state index contributed by atoms with van der Waals surface area (Å²) in [6, 6.07) is 10.3. The van der Waals surface area contributed by atoms with Gasteiger partial charge in [0.2, 0.25) is 9.04 Å². The van der Waals surface area contributed by atoms with E-state index in [-0.39, 0.29) is 11.3 Å². The Hall–Kier alpha value is -1.27. The van der Waals surface area contributed by atoms with E-state index < -0.39 is 9.04 Å². The van der Waals surface area contributed by atoms with E-state index in [2.05, 4.69) is 39.9 Å². The standard InChI is InChI=1S/C14H21NOSi/c1-14(2,3)12(10-15)11-8-6-7-9-13(11)16-17(4)5/h6-9,12,17H,1-5H3. The zero-order valence-electron chi connectivity index (χ0n) is 11.3. The molecule has 92 valence electrons. The van der Waals surface area contributed by atoms with Gasteiger partial charge >= 0.3 is 0 Å². The van der Waals surface area contributed by atoms with Crippen molar-refractivity contribution in [1.29, 1.82) is 5.26 Å². The van der Waals surface area contributed by atoms with E-state index >= 15 is 0 Å². The molecule has 1 unspecified atom stereocenters. The van der Waals surface area contributed by atoms with Crippen LogP contribution >= 0.6 is 0 Å². The first kappa shape index (κ1) is 13.8. The first-order valence-corrected chi connectivity index (χ1v) is 8.79.